The lowest BCUT2D eigenvalue weighted by atomic mass is 10.1. The summed E-state index contributed by atoms with van der Waals surface area (Å²) in [7, 11) is -3.80. The molecule has 1 N–H and O–H groups in total. The molecule has 0 saturated heterocycles. The lowest BCUT2D eigenvalue weighted by molar-refractivity contribution is -0.384. The van der Waals surface area contributed by atoms with Crippen LogP contribution in [0.5, 0.6) is 0 Å². The molecular formula is C16H25N3O6S. The number of nitrogens with one attached hydrogen (secondary N) is 1. The van der Waals surface area contributed by atoms with Gasteiger partial charge in [0.25, 0.3) is 5.69 Å². The van der Waals surface area contributed by atoms with Crippen LogP contribution in [0.3, 0.4) is 0 Å². The normalized spacial score (nSPS) is 12.7. The van der Waals surface area contributed by atoms with Crippen molar-refractivity contribution in [2.75, 3.05) is 31.6 Å². The molecule has 1 rings (SSSR count). The first-order valence-corrected chi connectivity index (χ1v) is 9.82. The van der Waals surface area contributed by atoms with Crippen LogP contribution in [0.2, 0.25) is 0 Å². The minimum absolute atomic E-state index is 0.127. The SMILES string of the molecule is CCOC(=O)[C@@H](C)CNc1ccc(S(=O)(=O)N(CC)CC)cc1[N+](=O)[O-]. The van der Waals surface area contributed by atoms with Gasteiger partial charge in [0.1, 0.15) is 5.69 Å². The Morgan fingerprint density at radius 2 is 1.92 bits per heavy atom. The summed E-state index contributed by atoms with van der Waals surface area (Å²) in [5.74, 6) is -0.919. The first kappa shape index (κ1) is 21.8. The number of ether oxygens (including phenoxy) is 1. The third kappa shape index (κ3) is 5.15. The van der Waals surface area contributed by atoms with Gasteiger partial charge in [-0.05, 0) is 19.1 Å². The maximum absolute atomic E-state index is 12.5. The Labute approximate surface area is 153 Å². The lowest BCUT2D eigenvalue weighted by Gasteiger charge is -2.19. The van der Waals surface area contributed by atoms with Crippen LogP contribution in [-0.2, 0) is 19.6 Å². The number of hydrogen-bond donors (Lipinski definition) is 1. The number of nitrogens with zero attached hydrogens (tertiary/aromatic N) is 2. The van der Waals surface area contributed by atoms with Crippen LogP contribution in [0.15, 0.2) is 23.1 Å². The van der Waals surface area contributed by atoms with E-state index >= 15 is 0 Å². The van der Waals surface area contributed by atoms with Crippen molar-refractivity contribution in [1.29, 1.82) is 0 Å². The highest BCUT2D eigenvalue weighted by Gasteiger charge is 2.26. The van der Waals surface area contributed by atoms with Crippen LogP contribution in [0.1, 0.15) is 27.7 Å². The molecule has 0 unspecified atom stereocenters. The van der Waals surface area contributed by atoms with Gasteiger partial charge in [0.05, 0.1) is 22.3 Å². The van der Waals surface area contributed by atoms with Gasteiger partial charge in [-0.15, -0.1) is 0 Å². The fraction of sp³-hybridized carbons (Fsp3) is 0.562. The number of nitro benzene ring substituents is 1. The molecule has 1 atom stereocenters. The molecular weight excluding hydrogens is 362 g/mol. The first-order chi connectivity index (χ1) is 12.2. The van der Waals surface area contributed by atoms with Gasteiger partial charge >= 0.3 is 5.97 Å². The van der Waals surface area contributed by atoms with E-state index in [2.05, 4.69) is 5.32 Å². The molecule has 0 spiro atoms. The van der Waals surface area contributed by atoms with Crippen molar-refractivity contribution in [2.24, 2.45) is 5.92 Å². The van der Waals surface area contributed by atoms with Gasteiger partial charge in [-0.25, -0.2) is 8.42 Å². The second kappa shape index (κ2) is 9.48. The summed E-state index contributed by atoms with van der Waals surface area (Å²) in [6.07, 6.45) is 0. The van der Waals surface area contributed by atoms with Crippen molar-refractivity contribution in [3.63, 3.8) is 0 Å². The molecule has 1 aromatic rings. The van der Waals surface area contributed by atoms with E-state index < -0.39 is 26.8 Å². The molecule has 0 amide bonds. The molecule has 0 aliphatic carbocycles. The zero-order valence-electron chi connectivity index (χ0n) is 15.4. The fourth-order valence-electron chi connectivity index (χ4n) is 2.32. The topological polar surface area (TPSA) is 119 Å². The molecule has 9 nitrogen and oxygen atoms in total. The van der Waals surface area contributed by atoms with Crippen LogP contribution in [0.25, 0.3) is 0 Å². The van der Waals surface area contributed by atoms with E-state index in [-0.39, 0.29) is 42.5 Å². The third-order valence-corrected chi connectivity index (χ3v) is 5.84. The molecule has 1 aromatic carbocycles. The van der Waals surface area contributed by atoms with Crippen molar-refractivity contribution in [3.05, 3.63) is 28.3 Å². The number of hydrogen-bond acceptors (Lipinski definition) is 7. The highest BCUT2D eigenvalue weighted by atomic mass is 32.2. The average Bonchev–Trinajstić information content (AvgIpc) is 2.60. The second-order valence-electron chi connectivity index (χ2n) is 5.56. The fourth-order valence-corrected chi connectivity index (χ4v) is 3.79. The summed E-state index contributed by atoms with van der Waals surface area (Å²) in [4.78, 5) is 22.2. The molecule has 0 saturated carbocycles. The summed E-state index contributed by atoms with van der Waals surface area (Å²) < 4.78 is 31.2. The van der Waals surface area contributed by atoms with Gasteiger partial charge in [0.2, 0.25) is 10.0 Å². The Morgan fingerprint density at radius 1 is 1.31 bits per heavy atom. The molecule has 0 radical (unpaired) electrons. The first-order valence-electron chi connectivity index (χ1n) is 8.38. The Hall–Kier alpha value is -2.20. The highest BCUT2D eigenvalue weighted by molar-refractivity contribution is 7.89. The van der Waals surface area contributed by atoms with Gasteiger partial charge in [-0.2, -0.15) is 4.31 Å². The van der Waals surface area contributed by atoms with E-state index in [1.54, 1.807) is 27.7 Å². The predicted molar refractivity (Wildman–Crippen MR) is 97.5 cm³/mol. The van der Waals surface area contributed by atoms with Gasteiger partial charge < -0.3 is 10.1 Å². The standard InChI is InChI=1S/C16H25N3O6S/c1-5-18(6-2)26(23,24)13-8-9-14(15(10-13)19(21)22)17-11-12(4)16(20)25-7-3/h8-10,12,17H,5-7,11H2,1-4H3/t12-/m0/s1. The van der Waals surface area contributed by atoms with E-state index in [0.29, 0.717) is 0 Å². The number of sulfonamides is 1. The maximum Gasteiger partial charge on any atom is 0.310 e. The van der Waals surface area contributed by atoms with Crippen molar-refractivity contribution in [3.8, 4) is 0 Å². The summed E-state index contributed by atoms with van der Waals surface area (Å²) in [5.41, 5.74) is -0.223. The van der Waals surface area contributed by atoms with Crippen molar-refractivity contribution in [1.82, 2.24) is 4.31 Å². The smallest absolute Gasteiger partial charge is 0.310 e. The molecule has 0 aromatic heterocycles. The molecule has 146 valence electrons. The van der Waals surface area contributed by atoms with Crippen LogP contribution in [-0.4, -0.2) is 49.9 Å². The highest BCUT2D eigenvalue weighted by Crippen LogP contribution is 2.29. The van der Waals surface area contributed by atoms with E-state index in [1.165, 1.54) is 16.4 Å². The van der Waals surface area contributed by atoms with Crippen LogP contribution in [0, 0.1) is 16.0 Å². The lowest BCUT2D eigenvalue weighted by Crippen LogP contribution is -2.30. The van der Waals surface area contributed by atoms with E-state index in [9.17, 15) is 23.3 Å². The Bertz CT molecular complexity index is 746. The zero-order chi connectivity index (χ0) is 19.9. The Kier molecular flexibility index (Phi) is 7.97. The monoisotopic (exact) mass is 387 g/mol. The number of carbonyl (C=O) groups is 1. The van der Waals surface area contributed by atoms with E-state index in [4.69, 9.17) is 4.74 Å². The quantitative estimate of drug-likeness (QED) is 0.371. The second-order valence-corrected chi connectivity index (χ2v) is 7.50. The number of esters is 1. The molecule has 10 heteroatoms. The summed E-state index contributed by atoms with van der Waals surface area (Å²) in [6.45, 7) is 7.63. The van der Waals surface area contributed by atoms with Crippen molar-refractivity contribution >= 4 is 27.4 Å². The minimum atomic E-state index is -3.80. The number of rotatable bonds is 10. The maximum atomic E-state index is 12.5. The molecule has 0 heterocycles. The van der Waals surface area contributed by atoms with E-state index in [0.717, 1.165) is 6.07 Å². The van der Waals surface area contributed by atoms with Crippen LogP contribution < -0.4 is 5.32 Å². The Balaban J connectivity index is 3.10. The van der Waals surface area contributed by atoms with Gasteiger partial charge in [-0.1, -0.05) is 20.8 Å². The summed E-state index contributed by atoms with van der Waals surface area (Å²) >= 11 is 0. The van der Waals surface area contributed by atoms with Crippen molar-refractivity contribution < 1.29 is 22.9 Å². The third-order valence-electron chi connectivity index (χ3n) is 3.80. The summed E-state index contributed by atoms with van der Waals surface area (Å²) in [6, 6.07) is 3.69. The molecule has 0 fully saturated rings. The van der Waals surface area contributed by atoms with Crippen LogP contribution >= 0.6 is 0 Å². The Morgan fingerprint density at radius 3 is 2.42 bits per heavy atom. The minimum Gasteiger partial charge on any atom is -0.466 e. The number of anilines is 1. The number of nitro groups is 1. The van der Waals surface area contributed by atoms with Gasteiger partial charge in [0.15, 0.2) is 0 Å². The largest absolute Gasteiger partial charge is 0.466 e. The van der Waals surface area contributed by atoms with Crippen molar-refractivity contribution in [2.45, 2.75) is 32.6 Å². The molecule has 0 bridgehead atoms. The zero-order valence-corrected chi connectivity index (χ0v) is 16.2. The number of benzene rings is 1. The van der Waals surface area contributed by atoms with Gasteiger partial charge in [0, 0.05) is 25.7 Å². The molecule has 0 aliphatic rings. The summed E-state index contributed by atoms with van der Waals surface area (Å²) in [5, 5.41) is 14.2. The van der Waals surface area contributed by atoms with Crippen LogP contribution in [0.4, 0.5) is 11.4 Å². The molecule has 26 heavy (non-hydrogen) atoms. The average molecular weight is 387 g/mol. The number of carbonyl (C=O) groups excluding carboxylic acids is 1. The van der Waals surface area contributed by atoms with Gasteiger partial charge in [-0.3, -0.25) is 14.9 Å². The molecule has 0 aliphatic heterocycles. The predicted octanol–water partition coefficient (Wildman–Crippen LogP) is 2.24. The van der Waals surface area contributed by atoms with E-state index in [1.807, 2.05) is 0 Å².